The number of carbonyl (C=O) groups is 2. The van der Waals surface area contributed by atoms with Crippen LogP contribution >= 0.6 is 0 Å². The van der Waals surface area contributed by atoms with Crippen molar-refractivity contribution in [2.24, 2.45) is 23.7 Å². The average molecular weight is 332 g/mol. The number of hydrogen-bond acceptors (Lipinski definition) is 4. The van der Waals surface area contributed by atoms with E-state index in [1.807, 2.05) is 12.2 Å². The molecule has 0 unspecified atom stereocenters. The number of ether oxygens (including phenoxy) is 2. The standard InChI is InChI=1S/C20H28O4/c1-15-9-3-5-11-17(15)19(21)23-13-7-8-14-24-20(22)18-12-6-4-10-16(18)2/h3-8,15-18H,9-14H2,1-2H3/b8-7-/t15-,16+,17+,18-. The summed E-state index contributed by atoms with van der Waals surface area (Å²) in [6.45, 7) is 4.61. The van der Waals surface area contributed by atoms with Gasteiger partial charge in [0.15, 0.2) is 0 Å². The summed E-state index contributed by atoms with van der Waals surface area (Å²) >= 11 is 0. The van der Waals surface area contributed by atoms with Crippen LogP contribution in [0.2, 0.25) is 0 Å². The van der Waals surface area contributed by atoms with E-state index in [0.717, 1.165) is 25.7 Å². The number of esters is 2. The highest BCUT2D eigenvalue weighted by Crippen LogP contribution is 2.26. The van der Waals surface area contributed by atoms with Gasteiger partial charge in [0.05, 0.1) is 11.8 Å². The maximum absolute atomic E-state index is 12.0. The van der Waals surface area contributed by atoms with E-state index in [4.69, 9.17) is 9.47 Å². The predicted molar refractivity (Wildman–Crippen MR) is 93.1 cm³/mol. The molecule has 4 nitrogen and oxygen atoms in total. The topological polar surface area (TPSA) is 52.6 Å². The SMILES string of the molecule is C[C@@H]1CC=CC[C@@H]1C(=O)OC/C=C\COC(=O)[C@@H]1CC=CC[C@@H]1C. The molecule has 132 valence electrons. The lowest BCUT2D eigenvalue weighted by Gasteiger charge is -2.23. The van der Waals surface area contributed by atoms with Crippen molar-refractivity contribution in [3.8, 4) is 0 Å². The number of hydrogen-bond donors (Lipinski definition) is 0. The molecule has 0 saturated heterocycles. The van der Waals surface area contributed by atoms with Crippen LogP contribution in [0.3, 0.4) is 0 Å². The van der Waals surface area contributed by atoms with Gasteiger partial charge < -0.3 is 9.47 Å². The van der Waals surface area contributed by atoms with Crippen LogP contribution in [0.1, 0.15) is 39.5 Å². The van der Waals surface area contributed by atoms with E-state index in [1.54, 1.807) is 12.2 Å². The van der Waals surface area contributed by atoms with Crippen molar-refractivity contribution in [1.82, 2.24) is 0 Å². The molecule has 0 fully saturated rings. The summed E-state index contributed by atoms with van der Waals surface area (Å²) in [5, 5.41) is 0. The summed E-state index contributed by atoms with van der Waals surface area (Å²) < 4.78 is 10.6. The van der Waals surface area contributed by atoms with Crippen LogP contribution in [0.25, 0.3) is 0 Å². The van der Waals surface area contributed by atoms with E-state index in [9.17, 15) is 9.59 Å². The smallest absolute Gasteiger partial charge is 0.309 e. The van der Waals surface area contributed by atoms with Crippen LogP contribution in [0.15, 0.2) is 36.5 Å². The summed E-state index contributed by atoms with van der Waals surface area (Å²) in [4.78, 5) is 24.0. The Morgan fingerprint density at radius 3 is 1.54 bits per heavy atom. The lowest BCUT2D eigenvalue weighted by Crippen LogP contribution is -2.25. The van der Waals surface area contributed by atoms with Gasteiger partial charge in [-0.3, -0.25) is 9.59 Å². The Labute approximate surface area is 144 Å². The molecular formula is C20H28O4. The first-order valence-corrected chi connectivity index (χ1v) is 8.88. The van der Waals surface area contributed by atoms with Crippen molar-refractivity contribution in [1.29, 1.82) is 0 Å². The molecular weight excluding hydrogens is 304 g/mol. The molecule has 2 aliphatic rings. The van der Waals surface area contributed by atoms with E-state index in [-0.39, 0.29) is 37.0 Å². The first-order valence-electron chi connectivity index (χ1n) is 8.88. The van der Waals surface area contributed by atoms with Crippen molar-refractivity contribution in [3.63, 3.8) is 0 Å². The summed E-state index contributed by atoms with van der Waals surface area (Å²) in [6.07, 6.45) is 15.2. The van der Waals surface area contributed by atoms with Crippen LogP contribution in [0.5, 0.6) is 0 Å². The van der Waals surface area contributed by atoms with Crippen molar-refractivity contribution < 1.29 is 19.1 Å². The Kier molecular flexibility index (Phi) is 7.29. The summed E-state index contributed by atoms with van der Waals surface area (Å²) in [6, 6.07) is 0. The monoisotopic (exact) mass is 332 g/mol. The zero-order valence-electron chi connectivity index (χ0n) is 14.6. The van der Waals surface area contributed by atoms with Crippen molar-refractivity contribution in [2.45, 2.75) is 39.5 Å². The quantitative estimate of drug-likeness (QED) is 0.548. The second-order valence-electron chi connectivity index (χ2n) is 6.78. The van der Waals surface area contributed by atoms with E-state index in [1.165, 1.54) is 0 Å². The average Bonchev–Trinajstić information content (AvgIpc) is 2.58. The molecule has 24 heavy (non-hydrogen) atoms. The third kappa shape index (κ3) is 5.36. The molecule has 0 radical (unpaired) electrons. The molecule has 0 aromatic heterocycles. The van der Waals surface area contributed by atoms with Crippen LogP contribution < -0.4 is 0 Å². The van der Waals surface area contributed by atoms with Gasteiger partial charge in [-0.15, -0.1) is 0 Å². The largest absolute Gasteiger partial charge is 0.461 e. The van der Waals surface area contributed by atoms with Gasteiger partial charge in [-0.05, 0) is 49.7 Å². The Morgan fingerprint density at radius 2 is 1.17 bits per heavy atom. The van der Waals surface area contributed by atoms with Crippen LogP contribution in [0.4, 0.5) is 0 Å². The molecule has 0 bridgehead atoms. The molecule has 0 aliphatic heterocycles. The number of carbonyl (C=O) groups excluding carboxylic acids is 2. The van der Waals surface area contributed by atoms with Crippen molar-refractivity contribution >= 4 is 11.9 Å². The van der Waals surface area contributed by atoms with Gasteiger partial charge in [0.1, 0.15) is 13.2 Å². The van der Waals surface area contributed by atoms with Gasteiger partial charge in [0.2, 0.25) is 0 Å². The zero-order valence-corrected chi connectivity index (χ0v) is 14.6. The maximum atomic E-state index is 12.0. The minimum Gasteiger partial charge on any atom is -0.461 e. The van der Waals surface area contributed by atoms with E-state index in [2.05, 4.69) is 26.0 Å². The zero-order chi connectivity index (χ0) is 17.4. The molecule has 0 saturated carbocycles. The molecule has 0 aromatic rings. The first-order chi connectivity index (χ1) is 11.6. The van der Waals surface area contributed by atoms with E-state index in [0.29, 0.717) is 11.8 Å². The highest BCUT2D eigenvalue weighted by molar-refractivity contribution is 5.73. The first kappa shape index (κ1) is 18.5. The Morgan fingerprint density at radius 1 is 0.792 bits per heavy atom. The Hall–Kier alpha value is -1.84. The van der Waals surface area contributed by atoms with Crippen molar-refractivity contribution in [2.75, 3.05) is 13.2 Å². The normalized spacial score (nSPS) is 29.6. The van der Waals surface area contributed by atoms with Gasteiger partial charge >= 0.3 is 11.9 Å². The van der Waals surface area contributed by atoms with Crippen LogP contribution in [-0.4, -0.2) is 25.2 Å². The fourth-order valence-corrected chi connectivity index (χ4v) is 3.17. The Bertz CT molecular complexity index is 472. The van der Waals surface area contributed by atoms with E-state index < -0.39 is 0 Å². The summed E-state index contributed by atoms with van der Waals surface area (Å²) in [7, 11) is 0. The molecule has 0 spiro atoms. The fourth-order valence-electron chi connectivity index (χ4n) is 3.17. The molecule has 4 atom stereocenters. The van der Waals surface area contributed by atoms with Crippen LogP contribution in [0, 0.1) is 23.7 Å². The molecule has 0 N–H and O–H groups in total. The fraction of sp³-hybridized carbons (Fsp3) is 0.600. The van der Waals surface area contributed by atoms with Crippen molar-refractivity contribution in [3.05, 3.63) is 36.5 Å². The summed E-state index contributed by atoms with van der Waals surface area (Å²) in [5.41, 5.74) is 0. The number of rotatable bonds is 6. The van der Waals surface area contributed by atoms with Gasteiger partial charge in [0.25, 0.3) is 0 Å². The van der Waals surface area contributed by atoms with Gasteiger partial charge in [-0.1, -0.05) is 38.2 Å². The molecule has 0 amide bonds. The van der Waals surface area contributed by atoms with Gasteiger partial charge in [0, 0.05) is 0 Å². The second kappa shape index (κ2) is 9.45. The molecule has 2 rings (SSSR count). The lowest BCUT2D eigenvalue weighted by molar-refractivity contribution is -0.150. The Balaban J connectivity index is 1.62. The lowest BCUT2D eigenvalue weighted by atomic mass is 9.84. The highest BCUT2D eigenvalue weighted by atomic mass is 16.5. The van der Waals surface area contributed by atoms with Crippen LogP contribution in [-0.2, 0) is 19.1 Å². The number of allylic oxidation sites excluding steroid dienone is 4. The third-order valence-electron chi connectivity index (χ3n) is 4.92. The third-order valence-corrected chi connectivity index (χ3v) is 4.92. The highest BCUT2D eigenvalue weighted by Gasteiger charge is 2.27. The molecule has 2 aliphatic carbocycles. The van der Waals surface area contributed by atoms with Gasteiger partial charge in [-0.25, -0.2) is 0 Å². The minimum absolute atomic E-state index is 0.0397. The molecule has 0 heterocycles. The molecule has 0 aromatic carbocycles. The van der Waals surface area contributed by atoms with E-state index >= 15 is 0 Å². The summed E-state index contributed by atoms with van der Waals surface area (Å²) in [5.74, 6) is 0.301. The molecule has 4 heteroatoms. The predicted octanol–water partition coefficient (Wildman–Crippen LogP) is 3.83. The van der Waals surface area contributed by atoms with Gasteiger partial charge in [-0.2, -0.15) is 0 Å². The second-order valence-corrected chi connectivity index (χ2v) is 6.78. The maximum Gasteiger partial charge on any atom is 0.309 e. The minimum atomic E-state index is -0.142.